The van der Waals surface area contributed by atoms with Crippen LogP contribution in [-0.2, 0) is 0 Å². The van der Waals surface area contributed by atoms with E-state index in [1.54, 1.807) is 0 Å². The molecule has 0 aliphatic heterocycles. The van der Waals surface area contributed by atoms with E-state index in [0.29, 0.717) is 18.2 Å². The summed E-state index contributed by atoms with van der Waals surface area (Å²) in [6.45, 7) is 7.63. The Morgan fingerprint density at radius 1 is 1.39 bits per heavy atom. The molecule has 100 valence electrons. The van der Waals surface area contributed by atoms with E-state index >= 15 is 0 Å². The van der Waals surface area contributed by atoms with Gasteiger partial charge in [-0.3, -0.25) is 10.1 Å². The topological polar surface area (TPSA) is 46.4 Å². The highest BCUT2D eigenvalue weighted by Crippen LogP contribution is 2.24. The molecule has 4 nitrogen and oxygen atoms in total. The Kier molecular flexibility index (Phi) is 5.07. The highest BCUT2D eigenvalue weighted by atomic mass is 19.1. The van der Waals surface area contributed by atoms with Gasteiger partial charge >= 0.3 is 0 Å². The third-order valence-electron chi connectivity index (χ3n) is 3.05. The summed E-state index contributed by atoms with van der Waals surface area (Å²) in [5.41, 5.74) is 0.372. The second-order valence-corrected chi connectivity index (χ2v) is 4.48. The smallest absolute Gasteiger partial charge is 0.274 e. The fourth-order valence-corrected chi connectivity index (χ4v) is 1.77. The van der Waals surface area contributed by atoms with Crippen molar-refractivity contribution in [3.8, 4) is 0 Å². The predicted molar refractivity (Wildman–Crippen MR) is 70.4 cm³/mol. The second-order valence-electron chi connectivity index (χ2n) is 4.48. The number of hydrogen-bond donors (Lipinski definition) is 0. The summed E-state index contributed by atoms with van der Waals surface area (Å²) in [7, 11) is 0. The molecule has 1 aromatic rings. The van der Waals surface area contributed by atoms with Gasteiger partial charge in [0.25, 0.3) is 5.69 Å². The van der Waals surface area contributed by atoms with Crippen molar-refractivity contribution in [2.75, 3.05) is 18.0 Å². The van der Waals surface area contributed by atoms with E-state index in [1.807, 2.05) is 11.8 Å². The van der Waals surface area contributed by atoms with Gasteiger partial charge in [-0.05, 0) is 18.9 Å². The molecule has 0 amide bonds. The molecule has 0 aliphatic carbocycles. The number of hydrogen-bond acceptors (Lipinski definition) is 3. The lowest BCUT2D eigenvalue weighted by Gasteiger charge is -2.26. The number of benzene rings is 1. The van der Waals surface area contributed by atoms with Crippen LogP contribution in [0.15, 0.2) is 18.2 Å². The van der Waals surface area contributed by atoms with Crippen molar-refractivity contribution in [3.05, 3.63) is 34.1 Å². The highest BCUT2D eigenvalue weighted by Gasteiger charge is 2.14. The number of nitro groups is 1. The standard InChI is InChI=1S/C13H19FN2O2/c1-4-10(3)9-15(5-2)12-6-11(14)7-13(8-12)16(17)18/h6-8,10H,4-5,9H2,1-3H3. The molecule has 0 heterocycles. The highest BCUT2D eigenvalue weighted by molar-refractivity contribution is 5.53. The maximum atomic E-state index is 13.4. The van der Waals surface area contributed by atoms with Crippen LogP contribution < -0.4 is 4.90 Å². The third-order valence-corrected chi connectivity index (χ3v) is 3.05. The quantitative estimate of drug-likeness (QED) is 0.575. The van der Waals surface area contributed by atoms with Crippen LogP contribution in [0, 0.1) is 21.8 Å². The summed E-state index contributed by atoms with van der Waals surface area (Å²) in [5, 5.41) is 10.7. The number of nitrogens with zero attached hydrogens (tertiary/aromatic N) is 2. The van der Waals surface area contributed by atoms with Gasteiger partial charge in [0.1, 0.15) is 5.82 Å². The predicted octanol–water partition coefficient (Wildman–Crippen LogP) is 3.61. The SMILES string of the molecule is CCC(C)CN(CC)c1cc(F)cc([N+](=O)[O-])c1. The van der Waals surface area contributed by atoms with Crippen molar-refractivity contribution in [2.24, 2.45) is 5.92 Å². The molecule has 0 saturated heterocycles. The van der Waals surface area contributed by atoms with Crippen LogP contribution in [0.25, 0.3) is 0 Å². The van der Waals surface area contributed by atoms with Gasteiger partial charge < -0.3 is 4.90 Å². The molecule has 1 aromatic carbocycles. The summed E-state index contributed by atoms with van der Waals surface area (Å²) < 4.78 is 13.4. The van der Waals surface area contributed by atoms with Crippen LogP contribution in [0.5, 0.6) is 0 Å². The molecule has 18 heavy (non-hydrogen) atoms. The number of halogens is 1. The number of rotatable bonds is 6. The molecule has 0 spiro atoms. The molecule has 1 atom stereocenters. The van der Waals surface area contributed by atoms with E-state index < -0.39 is 10.7 Å². The van der Waals surface area contributed by atoms with Crippen LogP contribution in [0.4, 0.5) is 15.8 Å². The van der Waals surface area contributed by atoms with E-state index in [2.05, 4.69) is 13.8 Å². The van der Waals surface area contributed by atoms with Gasteiger partial charge in [0.05, 0.1) is 11.0 Å². The molecular weight excluding hydrogens is 235 g/mol. The lowest BCUT2D eigenvalue weighted by molar-refractivity contribution is -0.385. The zero-order chi connectivity index (χ0) is 13.7. The first-order valence-electron chi connectivity index (χ1n) is 6.17. The summed E-state index contributed by atoms with van der Waals surface area (Å²) in [4.78, 5) is 12.1. The molecule has 1 rings (SSSR count). The lowest BCUT2D eigenvalue weighted by atomic mass is 10.1. The minimum Gasteiger partial charge on any atom is -0.371 e. The first kappa shape index (κ1) is 14.4. The molecule has 0 fully saturated rings. The average Bonchev–Trinajstić information content (AvgIpc) is 2.34. The van der Waals surface area contributed by atoms with Crippen molar-refractivity contribution < 1.29 is 9.31 Å². The normalized spacial score (nSPS) is 12.2. The largest absolute Gasteiger partial charge is 0.371 e. The molecule has 5 heteroatoms. The van der Waals surface area contributed by atoms with Gasteiger partial charge in [0.15, 0.2) is 0 Å². The maximum Gasteiger partial charge on any atom is 0.274 e. The Bertz CT molecular complexity index is 423. The molecule has 0 radical (unpaired) electrons. The van der Waals surface area contributed by atoms with E-state index in [0.717, 1.165) is 19.0 Å². The second kappa shape index (κ2) is 6.33. The number of nitro benzene ring substituents is 1. The summed E-state index contributed by atoms with van der Waals surface area (Å²) in [6, 6.07) is 3.72. The van der Waals surface area contributed by atoms with E-state index in [9.17, 15) is 14.5 Å². The van der Waals surface area contributed by atoms with Gasteiger partial charge in [-0.25, -0.2) is 4.39 Å². The van der Waals surface area contributed by atoms with Crippen LogP contribution in [0.1, 0.15) is 27.2 Å². The van der Waals surface area contributed by atoms with E-state index in [1.165, 1.54) is 12.1 Å². The minimum atomic E-state index is -0.568. The van der Waals surface area contributed by atoms with Crippen molar-refractivity contribution in [1.82, 2.24) is 0 Å². The third kappa shape index (κ3) is 3.68. The fourth-order valence-electron chi connectivity index (χ4n) is 1.77. The molecule has 0 N–H and O–H groups in total. The van der Waals surface area contributed by atoms with Gasteiger partial charge in [-0.1, -0.05) is 20.3 Å². The fraction of sp³-hybridized carbons (Fsp3) is 0.538. The Morgan fingerprint density at radius 3 is 2.56 bits per heavy atom. The molecule has 1 unspecified atom stereocenters. The Morgan fingerprint density at radius 2 is 2.06 bits per heavy atom. The van der Waals surface area contributed by atoms with Crippen LogP contribution in [-0.4, -0.2) is 18.0 Å². The van der Waals surface area contributed by atoms with E-state index in [4.69, 9.17) is 0 Å². The van der Waals surface area contributed by atoms with Crippen molar-refractivity contribution in [3.63, 3.8) is 0 Å². The Balaban J connectivity index is 3.01. The molecule has 0 saturated carbocycles. The van der Waals surface area contributed by atoms with Gasteiger partial charge in [0, 0.05) is 24.8 Å². The van der Waals surface area contributed by atoms with Crippen molar-refractivity contribution in [2.45, 2.75) is 27.2 Å². The number of anilines is 1. The zero-order valence-electron chi connectivity index (χ0n) is 11.0. The minimum absolute atomic E-state index is 0.201. The monoisotopic (exact) mass is 254 g/mol. The van der Waals surface area contributed by atoms with Crippen LogP contribution in [0.2, 0.25) is 0 Å². The Labute approximate surface area is 107 Å². The first-order chi connectivity index (χ1) is 8.47. The van der Waals surface area contributed by atoms with Gasteiger partial charge in [-0.2, -0.15) is 0 Å². The Hall–Kier alpha value is -1.65. The number of non-ortho nitro benzene ring substituents is 1. The maximum absolute atomic E-state index is 13.4. The average molecular weight is 254 g/mol. The van der Waals surface area contributed by atoms with Crippen molar-refractivity contribution >= 4 is 11.4 Å². The molecule has 0 aromatic heterocycles. The molecule has 0 bridgehead atoms. The first-order valence-corrected chi connectivity index (χ1v) is 6.17. The van der Waals surface area contributed by atoms with Crippen molar-refractivity contribution in [1.29, 1.82) is 0 Å². The van der Waals surface area contributed by atoms with Gasteiger partial charge in [0.2, 0.25) is 0 Å². The van der Waals surface area contributed by atoms with Crippen LogP contribution >= 0.6 is 0 Å². The molecular formula is C13H19FN2O2. The zero-order valence-corrected chi connectivity index (χ0v) is 11.0. The summed E-state index contributed by atoms with van der Waals surface area (Å²) in [6.07, 6.45) is 1.02. The summed E-state index contributed by atoms with van der Waals surface area (Å²) >= 11 is 0. The lowest BCUT2D eigenvalue weighted by Crippen LogP contribution is -2.28. The van der Waals surface area contributed by atoms with Crippen LogP contribution in [0.3, 0.4) is 0 Å². The summed E-state index contributed by atoms with van der Waals surface area (Å²) in [5.74, 6) is -0.103. The van der Waals surface area contributed by atoms with Gasteiger partial charge in [-0.15, -0.1) is 0 Å². The molecule has 0 aliphatic rings. The van der Waals surface area contributed by atoms with E-state index in [-0.39, 0.29) is 5.69 Å².